The summed E-state index contributed by atoms with van der Waals surface area (Å²) >= 11 is 1.12. The van der Waals surface area contributed by atoms with E-state index in [9.17, 15) is 22.0 Å². The van der Waals surface area contributed by atoms with Crippen molar-refractivity contribution in [2.24, 2.45) is 7.05 Å². The Labute approximate surface area is 156 Å². The second-order valence-corrected chi connectivity index (χ2v) is 7.90. The van der Waals surface area contributed by atoms with Crippen molar-refractivity contribution in [1.29, 1.82) is 0 Å². The van der Waals surface area contributed by atoms with Crippen LogP contribution in [-0.2, 0) is 17.1 Å². The summed E-state index contributed by atoms with van der Waals surface area (Å²) in [6.45, 7) is 0. The van der Waals surface area contributed by atoms with Gasteiger partial charge in [-0.2, -0.15) is 5.10 Å². The molecule has 0 bridgehead atoms. The summed E-state index contributed by atoms with van der Waals surface area (Å²) in [6, 6.07) is 5.04. The summed E-state index contributed by atoms with van der Waals surface area (Å²) in [5, 5.41) is 7.78. The SMILES string of the molecule is Cn1cc(NC(=O)c2ccc(S(=O)(=O)Nc3nccs3)cc2)c(C(F)F)n1. The molecule has 0 fully saturated rings. The molecular formula is C15H13F2N5O3S2. The van der Waals surface area contributed by atoms with E-state index in [1.165, 1.54) is 43.7 Å². The van der Waals surface area contributed by atoms with E-state index in [2.05, 4.69) is 20.1 Å². The van der Waals surface area contributed by atoms with Crippen molar-refractivity contribution in [1.82, 2.24) is 14.8 Å². The Morgan fingerprint density at radius 1 is 1.26 bits per heavy atom. The van der Waals surface area contributed by atoms with Crippen molar-refractivity contribution < 1.29 is 22.0 Å². The normalized spacial score (nSPS) is 11.6. The first-order valence-corrected chi connectivity index (χ1v) is 9.78. The van der Waals surface area contributed by atoms with Crippen LogP contribution in [0.4, 0.5) is 19.6 Å². The summed E-state index contributed by atoms with van der Waals surface area (Å²) < 4.78 is 53.8. The topological polar surface area (TPSA) is 106 Å². The van der Waals surface area contributed by atoms with Gasteiger partial charge in [-0.05, 0) is 24.3 Å². The van der Waals surface area contributed by atoms with Crippen molar-refractivity contribution in [2.75, 3.05) is 10.0 Å². The Morgan fingerprint density at radius 2 is 1.96 bits per heavy atom. The lowest BCUT2D eigenvalue weighted by Crippen LogP contribution is -2.15. The van der Waals surface area contributed by atoms with E-state index >= 15 is 0 Å². The van der Waals surface area contributed by atoms with E-state index in [1.54, 1.807) is 5.38 Å². The number of nitrogens with one attached hydrogen (secondary N) is 2. The highest BCUT2D eigenvalue weighted by molar-refractivity contribution is 7.93. The van der Waals surface area contributed by atoms with Gasteiger partial charge in [-0.15, -0.1) is 11.3 Å². The van der Waals surface area contributed by atoms with Crippen LogP contribution >= 0.6 is 11.3 Å². The van der Waals surface area contributed by atoms with E-state index in [-0.39, 0.29) is 21.3 Å². The quantitative estimate of drug-likeness (QED) is 0.646. The molecule has 27 heavy (non-hydrogen) atoms. The minimum absolute atomic E-state index is 0.0658. The molecule has 1 aromatic carbocycles. The number of amides is 1. The number of alkyl halides is 2. The first-order valence-electron chi connectivity index (χ1n) is 7.41. The number of thiazole rings is 1. The summed E-state index contributed by atoms with van der Waals surface area (Å²) in [7, 11) is -2.39. The molecule has 0 saturated carbocycles. The lowest BCUT2D eigenvalue weighted by Gasteiger charge is -2.07. The van der Waals surface area contributed by atoms with E-state index in [0.717, 1.165) is 16.0 Å². The summed E-state index contributed by atoms with van der Waals surface area (Å²) in [4.78, 5) is 16.0. The van der Waals surface area contributed by atoms with Crippen LogP contribution in [0.1, 0.15) is 22.5 Å². The minimum atomic E-state index is -3.85. The number of rotatable bonds is 6. The van der Waals surface area contributed by atoms with Crippen LogP contribution in [0.3, 0.4) is 0 Å². The fourth-order valence-electron chi connectivity index (χ4n) is 2.19. The average molecular weight is 413 g/mol. The maximum Gasteiger partial charge on any atom is 0.284 e. The van der Waals surface area contributed by atoms with Crippen LogP contribution < -0.4 is 10.0 Å². The molecule has 0 radical (unpaired) electrons. The van der Waals surface area contributed by atoms with Crippen molar-refractivity contribution >= 4 is 38.1 Å². The molecule has 3 rings (SSSR count). The number of hydrogen-bond donors (Lipinski definition) is 2. The molecule has 0 unspecified atom stereocenters. The van der Waals surface area contributed by atoms with Gasteiger partial charge in [-0.3, -0.25) is 14.2 Å². The van der Waals surface area contributed by atoms with Crippen molar-refractivity contribution in [3.8, 4) is 0 Å². The molecule has 0 spiro atoms. The Balaban J connectivity index is 1.76. The monoisotopic (exact) mass is 413 g/mol. The third kappa shape index (κ3) is 4.28. The van der Waals surface area contributed by atoms with Gasteiger partial charge in [0.25, 0.3) is 22.4 Å². The lowest BCUT2D eigenvalue weighted by molar-refractivity contribution is 0.102. The van der Waals surface area contributed by atoms with Gasteiger partial charge < -0.3 is 5.32 Å². The predicted octanol–water partition coefficient (Wildman–Crippen LogP) is 2.87. The van der Waals surface area contributed by atoms with Gasteiger partial charge in [0.1, 0.15) is 0 Å². The number of benzene rings is 1. The number of carbonyl (C=O) groups is 1. The van der Waals surface area contributed by atoms with Gasteiger partial charge in [-0.25, -0.2) is 22.2 Å². The zero-order valence-corrected chi connectivity index (χ0v) is 15.4. The minimum Gasteiger partial charge on any atom is -0.319 e. The van der Waals surface area contributed by atoms with Gasteiger partial charge >= 0.3 is 0 Å². The van der Waals surface area contributed by atoms with E-state index in [4.69, 9.17) is 0 Å². The largest absolute Gasteiger partial charge is 0.319 e. The third-order valence-electron chi connectivity index (χ3n) is 3.39. The molecule has 8 nitrogen and oxygen atoms in total. The summed E-state index contributed by atoms with van der Waals surface area (Å²) in [5.41, 5.74) is -0.551. The highest BCUT2D eigenvalue weighted by Gasteiger charge is 2.20. The molecule has 3 aromatic rings. The summed E-state index contributed by atoms with van der Waals surface area (Å²) in [5.74, 6) is -0.665. The molecule has 0 atom stereocenters. The standard InChI is InChI=1S/C15H13F2N5O3S2/c1-22-8-11(12(20-22)13(16)17)19-14(23)9-2-4-10(5-3-9)27(24,25)21-15-18-6-7-26-15/h2-8,13H,1H3,(H,18,21)(H,19,23). The number of aromatic nitrogens is 3. The van der Waals surface area contributed by atoms with E-state index in [1.807, 2.05) is 0 Å². The zero-order chi connectivity index (χ0) is 19.6. The number of sulfonamides is 1. The number of aryl methyl sites for hydroxylation is 1. The van der Waals surface area contributed by atoms with Crippen LogP contribution in [-0.4, -0.2) is 29.1 Å². The van der Waals surface area contributed by atoms with Crippen LogP contribution in [0.2, 0.25) is 0 Å². The number of anilines is 2. The second kappa shape index (κ2) is 7.40. The molecule has 0 aliphatic carbocycles. The van der Waals surface area contributed by atoms with Gasteiger partial charge in [0, 0.05) is 30.4 Å². The highest BCUT2D eigenvalue weighted by Crippen LogP contribution is 2.25. The van der Waals surface area contributed by atoms with Crippen molar-refractivity contribution in [3.63, 3.8) is 0 Å². The Kier molecular flexibility index (Phi) is 5.19. The number of nitrogens with zero attached hydrogens (tertiary/aromatic N) is 3. The molecule has 1 amide bonds. The van der Waals surface area contributed by atoms with Gasteiger partial charge in [0.2, 0.25) is 0 Å². The van der Waals surface area contributed by atoms with Gasteiger partial charge in [-0.1, -0.05) is 0 Å². The van der Waals surface area contributed by atoms with E-state index < -0.39 is 28.0 Å². The molecule has 2 N–H and O–H groups in total. The molecule has 2 aromatic heterocycles. The number of halogens is 2. The Hall–Kier alpha value is -2.86. The van der Waals surface area contributed by atoms with Crippen LogP contribution in [0, 0.1) is 0 Å². The first-order chi connectivity index (χ1) is 12.8. The van der Waals surface area contributed by atoms with Crippen molar-refractivity contribution in [3.05, 3.63) is 53.3 Å². The molecular weight excluding hydrogens is 400 g/mol. The fraction of sp³-hybridized carbons (Fsp3) is 0.133. The number of carbonyl (C=O) groups excluding carboxylic acids is 1. The molecule has 0 aliphatic rings. The lowest BCUT2D eigenvalue weighted by atomic mass is 10.2. The van der Waals surface area contributed by atoms with Crippen LogP contribution in [0.15, 0.2) is 46.9 Å². The maximum absolute atomic E-state index is 12.9. The van der Waals surface area contributed by atoms with E-state index in [0.29, 0.717) is 0 Å². The fourth-order valence-corrected chi connectivity index (χ4v) is 3.98. The number of hydrogen-bond acceptors (Lipinski definition) is 6. The van der Waals surface area contributed by atoms with Crippen LogP contribution in [0.5, 0.6) is 0 Å². The average Bonchev–Trinajstić information content (AvgIpc) is 3.24. The predicted molar refractivity (Wildman–Crippen MR) is 95.5 cm³/mol. The van der Waals surface area contributed by atoms with Crippen molar-refractivity contribution in [2.45, 2.75) is 11.3 Å². The van der Waals surface area contributed by atoms with Crippen LogP contribution in [0.25, 0.3) is 0 Å². The van der Waals surface area contributed by atoms with Gasteiger partial charge in [0.05, 0.1) is 10.6 Å². The van der Waals surface area contributed by atoms with Gasteiger partial charge in [0.15, 0.2) is 10.8 Å². The zero-order valence-electron chi connectivity index (χ0n) is 13.8. The summed E-state index contributed by atoms with van der Waals surface area (Å²) in [6.07, 6.45) is -0.121. The molecule has 2 heterocycles. The highest BCUT2D eigenvalue weighted by atomic mass is 32.2. The smallest absolute Gasteiger partial charge is 0.284 e. The molecule has 0 aliphatic heterocycles. The Bertz CT molecular complexity index is 1050. The third-order valence-corrected chi connectivity index (χ3v) is 5.57. The maximum atomic E-state index is 12.9. The Morgan fingerprint density at radius 3 is 2.56 bits per heavy atom. The molecule has 12 heteroatoms. The second-order valence-electron chi connectivity index (χ2n) is 5.32. The molecule has 142 valence electrons. The molecule has 0 saturated heterocycles. The first kappa shape index (κ1) is 18.9.